The van der Waals surface area contributed by atoms with Crippen LogP contribution in [-0.2, 0) is 19.5 Å². The van der Waals surface area contributed by atoms with E-state index in [-0.39, 0.29) is 64.9 Å². The van der Waals surface area contributed by atoms with Crippen molar-refractivity contribution >= 4 is 28.7 Å². The van der Waals surface area contributed by atoms with E-state index in [9.17, 15) is 39.6 Å². The van der Waals surface area contributed by atoms with Gasteiger partial charge in [-0.05, 0) is 54.2 Å². The standard InChI is InChI=1S/C30H25O8/c1-29(37)9-14-8-13-6-7-16(26(34)22(13)27(35)21(14)19(32)11-29)23-15-4-3-5-18(31)24(15)28(36)25-17(23)10-30(2,38)12-20(25)33/h3-8,22,25,31,37-38H,9-12H2,1-2H3. The van der Waals surface area contributed by atoms with Gasteiger partial charge in [-0.25, -0.2) is 0 Å². The number of benzene rings is 1. The molecule has 1 aromatic rings. The van der Waals surface area contributed by atoms with Crippen molar-refractivity contribution in [1.29, 1.82) is 0 Å². The molecule has 8 nitrogen and oxygen atoms in total. The number of Topliss-reactive ketones (excluding diaryl/α,β-unsaturated/α-hetero) is 4. The lowest BCUT2D eigenvalue weighted by Crippen LogP contribution is -2.44. The van der Waals surface area contributed by atoms with Gasteiger partial charge in [0.1, 0.15) is 17.6 Å². The van der Waals surface area contributed by atoms with Crippen molar-refractivity contribution in [1.82, 2.24) is 0 Å². The second-order valence-corrected chi connectivity index (χ2v) is 11.4. The van der Waals surface area contributed by atoms with Crippen LogP contribution in [0.15, 0.2) is 70.1 Å². The molecular weight excluding hydrogens is 488 g/mol. The Balaban J connectivity index is 1.57. The summed E-state index contributed by atoms with van der Waals surface area (Å²) in [6.45, 7) is 3.01. The Morgan fingerprint density at radius 1 is 0.842 bits per heavy atom. The van der Waals surface area contributed by atoms with Crippen molar-refractivity contribution < 1.29 is 39.6 Å². The van der Waals surface area contributed by atoms with E-state index in [0.29, 0.717) is 11.1 Å². The van der Waals surface area contributed by atoms with E-state index >= 15 is 0 Å². The molecule has 1 fully saturated rings. The van der Waals surface area contributed by atoms with E-state index < -0.39 is 51.9 Å². The summed E-state index contributed by atoms with van der Waals surface area (Å²) in [6.07, 6.45) is 4.31. The summed E-state index contributed by atoms with van der Waals surface area (Å²) < 4.78 is 0. The predicted molar refractivity (Wildman–Crippen MR) is 133 cm³/mol. The highest BCUT2D eigenvalue weighted by Gasteiger charge is 2.50. The molecule has 38 heavy (non-hydrogen) atoms. The van der Waals surface area contributed by atoms with Crippen LogP contribution in [0.25, 0.3) is 5.57 Å². The molecular formula is C30H25O8. The zero-order chi connectivity index (χ0) is 27.3. The van der Waals surface area contributed by atoms with Crippen LogP contribution in [0.1, 0.15) is 55.5 Å². The lowest BCUT2D eigenvalue weighted by atomic mass is 9.64. The number of carbonyl (C=O) groups excluding carboxylic acids is 4. The second-order valence-electron chi connectivity index (χ2n) is 11.4. The van der Waals surface area contributed by atoms with Gasteiger partial charge in [-0.3, -0.25) is 24.3 Å². The van der Waals surface area contributed by atoms with Gasteiger partial charge in [0, 0.05) is 24.8 Å². The number of rotatable bonds is 1. The molecule has 193 valence electrons. The minimum Gasteiger partial charge on any atom is -0.507 e. The summed E-state index contributed by atoms with van der Waals surface area (Å²) in [6, 6.07) is 4.41. The number of phenols is 1. The number of fused-ring (bicyclic) bond motifs is 3. The van der Waals surface area contributed by atoms with Gasteiger partial charge in [-0.2, -0.15) is 0 Å². The molecule has 6 rings (SSSR count). The van der Waals surface area contributed by atoms with E-state index in [4.69, 9.17) is 0 Å². The van der Waals surface area contributed by atoms with Crippen LogP contribution in [0, 0.1) is 11.8 Å². The fourth-order valence-electron chi connectivity index (χ4n) is 6.64. The quantitative estimate of drug-likeness (QED) is 0.386. The molecule has 0 amide bonds. The van der Waals surface area contributed by atoms with Crippen LogP contribution >= 0.6 is 0 Å². The number of aliphatic hydroxyl groups is 2. The third-order valence-electron chi connectivity index (χ3n) is 8.07. The van der Waals surface area contributed by atoms with Gasteiger partial charge in [-0.1, -0.05) is 30.4 Å². The minimum absolute atomic E-state index is 0.0472. The molecule has 4 atom stereocenters. The molecule has 0 saturated heterocycles. The molecule has 0 aromatic heterocycles. The van der Waals surface area contributed by atoms with E-state index in [0.717, 1.165) is 0 Å². The molecule has 0 heterocycles. The smallest absolute Gasteiger partial charge is 0.181 e. The number of carbonyl (C=O) groups is 4. The van der Waals surface area contributed by atoms with Crippen LogP contribution in [0.4, 0.5) is 0 Å². The Kier molecular flexibility index (Phi) is 5.03. The number of hydrogen-bond donors (Lipinski definition) is 3. The van der Waals surface area contributed by atoms with Crippen molar-refractivity contribution in [2.45, 2.75) is 50.7 Å². The Labute approximate surface area is 218 Å². The summed E-state index contributed by atoms with van der Waals surface area (Å²) in [5.74, 6) is -5.72. The van der Waals surface area contributed by atoms with Gasteiger partial charge in [0.2, 0.25) is 0 Å². The average molecular weight is 514 g/mol. The van der Waals surface area contributed by atoms with Crippen LogP contribution in [0.2, 0.25) is 0 Å². The molecule has 0 aliphatic heterocycles. The summed E-state index contributed by atoms with van der Waals surface area (Å²) in [4.78, 5) is 52.8. The van der Waals surface area contributed by atoms with Crippen molar-refractivity contribution in [3.05, 3.63) is 81.2 Å². The van der Waals surface area contributed by atoms with Gasteiger partial charge in [0.05, 0.1) is 22.3 Å². The molecule has 1 aromatic carbocycles. The highest BCUT2D eigenvalue weighted by atomic mass is 16.3. The SMILES string of the molecule is CC1(O)CC(=O)C2=C(C=C3C=CC(C4=C5CC(C)(O)CC(=O)C5C(=O)c5c(O)cccc54)=C([O])C3C2=O)C1. The summed E-state index contributed by atoms with van der Waals surface area (Å²) in [7, 11) is 0. The molecule has 4 unspecified atom stereocenters. The normalized spacial score (nSPS) is 32.7. The fraction of sp³-hybridized carbons (Fsp3) is 0.333. The first kappa shape index (κ1) is 24.5. The number of ketones is 4. The molecule has 5 aliphatic rings. The van der Waals surface area contributed by atoms with Crippen molar-refractivity contribution in [3.63, 3.8) is 0 Å². The van der Waals surface area contributed by atoms with Crippen molar-refractivity contribution in [2.75, 3.05) is 0 Å². The van der Waals surface area contributed by atoms with E-state index in [1.54, 1.807) is 18.2 Å². The number of phenolic OH excluding ortho intramolecular Hbond substituents is 1. The van der Waals surface area contributed by atoms with Gasteiger partial charge in [0.25, 0.3) is 0 Å². The van der Waals surface area contributed by atoms with Crippen molar-refractivity contribution in [3.8, 4) is 5.75 Å². The van der Waals surface area contributed by atoms with Gasteiger partial charge >= 0.3 is 0 Å². The third-order valence-corrected chi connectivity index (χ3v) is 8.07. The average Bonchev–Trinajstić information content (AvgIpc) is 2.77. The van der Waals surface area contributed by atoms with Crippen LogP contribution < -0.4 is 0 Å². The maximum Gasteiger partial charge on any atom is 0.181 e. The number of allylic oxidation sites excluding steroid dienone is 7. The first-order valence-corrected chi connectivity index (χ1v) is 12.5. The first-order valence-electron chi connectivity index (χ1n) is 12.5. The highest BCUT2D eigenvalue weighted by Crippen LogP contribution is 2.51. The fourth-order valence-corrected chi connectivity index (χ4v) is 6.64. The third kappa shape index (κ3) is 3.44. The van der Waals surface area contributed by atoms with Gasteiger partial charge in [0.15, 0.2) is 28.9 Å². The van der Waals surface area contributed by atoms with E-state index in [1.165, 1.54) is 32.1 Å². The molecule has 5 aliphatic carbocycles. The van der Waals surface area contributed by atoms with Crippen LogP contribution in [-0.4, -0.2) is 49.7 Å². The monoisotopic (exact) mass is 513 g/mol. The number of hydrogen-bond acceptors (Lipinski definition) is 7. The van der Waals surface area contributed by atoms with E-state index in [1.807, 2.05) is 0 Å². The molecule has 8 heteroatoms. The molecule has 1 radical (unpaired) electrons. The topological polar surface area (TPSA) is 149 Å². The minimum atomic E-state index is -1.44. The first-order chi connectivity index (χ1) is 17.8. The Morgan fingerprint density at radius 2 is 1.55 bits per heavy atom. The summed E-state index contributed by atoms with van der Waals surface area (Å²) in [5, 5.41) is 45.9. The Hall–Kier alpha value is -3.88. The zero-order valence-corrected chi connectivity index (χ0v) is 20.8. The second kappa shape index (κ2) is 7.82. The highest BCUT2D eigenvalue weighted by molar-refractivity contribution is 6.25. The molecule has 1 saturated carbocycles. The molecule has 0 bridgehead atoms. The maximum absolute atomic E-state index is 14.0. The predicted octanol–water partition coefficient (Wildman–Crippen LogP) is 2.86. The maximum atomic E-state index is 14.0. The van der Waals surface area contributed by atoms with Crippen LogP contribution in [0.5, 0.6) is 5.75 Å². The molecule has 0 spiro atoms. The molecule has 3 N–H and O–H groups in total. The largest absolute Gasteiger partial charge is 0.507 e. The lowest BCUT2D eigenvalue weighted by molar-refractivity contribution is -0.128. The Morgan fingerprint density at radius 3 is 2.29 bits per heavy atom. The summed E-state index contributed by atoms with van der Waals surface area (Å²) >= 11 is 0. The van der Waals surface area contributed by atoms with Gasteiger partial charge < -0.3 is 15.3 Å². The van der Waals surface area contributed by atoms with Gasteiger partial charge in [-0.15, -0.1) is 0 Å². The van der Waals surface area contributed by atoms with E-state index in [2.05, 4.69) is 0 Å². The number of aromatic hydroxyl groups is 1. The van der Waals surface area contributed by atoms with Crippen molar-refractivity contribution in [2.24, 2.45) is 11.8 Å². The Bertz CT molecular complexity index is 1560. The summed E-state index contributed by atoms with van der Waals surface area (Å²) in [5.41, 5.74) is -1.23. The van der Waals surface area contributed by atoms with Crippen LogP contribution in [0.3, 0.4) is 0 Å². The lowest BCUT2D eigenvalue weighted by Gasteiger charge is -2.39. The zero-order valence-electron chi connectivity index (χ0n) is 20.8.